The Kier molecular flexibility index (Phi) is 5.04. The number of hydrogen-bond donors (Lipinski definition) is 2. The van der Waals surface area contributed by atoms with Crippen molar-refractivity contribution in [1.82, 2.24) is 5.43 Å². The molecule has 21 heavy (non-hydrogen) atoms. The molecule has 0 aromatic heterocycles. The van der Waals surface area contributed by atoms with E-state index in [0.29, 0.717) is 0 Å². The molecule has 0 radical (unpaired) electrons. The van der Waals surface area contributed by atoms with Crippen LogP contribution in [0.5, 0.6) is 0 Å². The molecule has 0 heterocycles. The highest BCUT2D eigenvalue weighted by molar-refractivity contribution is 6.30. The first-order valence-corrected chi connectivity index (χ1v) is 7.59. The van der Waals surface area contributed by atoms with Crippen molar-refractivity contribution >= 4 is 11.6 Å². The molecule has 0 fully saturated rings. The molecule has 2 aromatic carbocycles. The van der Waals surface area contributed by atoms with Crippen LogP contribution in [-0.2, 0) is 6.42 Å². The monoisotopic (exact) mass is 302 g/mol. The van der Waals surface area contributed by atoms with Crippen molar-refractivity contribution in [3.05, 3.63) is 68.7 Å². The number of benzene rings is 2. The molecule has 0 aliphatic heterocycles. The lowest BCUT2D eigenvalue weighted by Crippen LogP contribution is -2.30. The van der Waals surface area contributed by atoms with Gasteiger partial charge in [0.05, 0.1) is 6.04 Å². The zero-order valence-corrected chi connectivity index (χ0v) is 13.9. The lowest BCUT2D eigenvalue weighted by atomic mass is 9.90. The van der Waals surface area contributed by atoms with E-state index in [1.165, 1.54) is 27.8 Å². The van der Waals surface area contributed by atoms with Crippen molar-refractivity contribution in [2.24, 2.45) is 5.84 Å². The maximum atomic E-state index is 6.04. The predicted molar refractivity (Wildman–Crippen MR) is 90.6 cm³/mol. The molecule has 0 aliphatic rings. The predicted octanol–water partition coefficient (Wildman–Crippen LogP) is 4.32. The molecule has 0 amide bonds. The third kappa shape index (κ3) is 3.65. The van der Waals surface area contributed by atoms with Crippen molar-refractivity contribution in [3.63, 3.8) is 0 Å². The molecule has 1 atom stereocenters. The van der Waals surface area contributed by atoms with Crippen LogP contribution in [0, 0.1) is 27.7 Å². The molecular weight excluding hydrogens is 280 g/mol. The van der Waals surface area contributed by atoms with Crippen LogP contribution in [-0.4, -0.2) is 0 Å². The van der Waals surface area contributed by atoms with Gasteiger partial charge in [0.25, 0.3) is 0 Å². The zero-order valence-electron chi connectivity index (χ0n) is 13.1. The van der Waals surface area contributed by atoms with Gasteiger partial charge in [-0.2, -0.15) is 0 Å². The Morgan fingerprint density at radius 3 is 2.14 bits per heavy atom. The fourth-order valence-corrected chi connectivity index (χ4v) is 3.25. The van der Waals surface area contributed by atoms with E-state index in [1.807, 2.05) is 12.1 Å². The van der Waals surface area contributed by atoms with Gasteiger partial charge in [-0.05, 0) is 74.1 Å². The van der Waals surface area contributed by atoms with E-state index in [2.05, 4.69) is 51.3 Å². The van der Waals surface area contributed by atoms with Gasteiger partial charge in [-0.3, -0.25) is 11.3 Å². The van der Waals surface area contributed by atoms with E-state index >= 15 is 0 Å². The van der Waals surface area contributed by atoms with Gasteiger partial charge in [0.1, 0.15) is 0 Å². The molecule has 2 nitrogen and oxygen atoms in total. The fraction of sp³-hybridized carbons (Fsp3) is 0.333. The largest absolute Gasteiger partial charge is 0.271 e. The summed E-state index contributed by atoms with van der Waals surface area (Å²) < 4.78 is 0. The number of nitrogens with two attached hydrogens (primary N) is 1. The van der Waals surface area contributed by atoms with E-state index in [0.717, 1.165) is 17.0 Å². The highest BCUT2D eigenvalue weighted by atomic mass is 35.5. The number of rotatable bonds is 4. The second kappa shape index (κ2) is 6.61. The van der Waals surface area contributed by atoms with Crippen LogP contribution in [0.4, 0.5) is 0 Å². The van der Waals surface area contributed by atoms with Crippen molar-refractivity contribution < 1.29 is 0 Å². The third-order valence-electron chi connectivity index (χ3n) is 4.06. The Morgan fingerprint density at radius 1 is 1.00 bits per heavy atom. The summed E-state index contributed by atoms with van der Waals surface area (Å²) in [5, 5.41) is 0.759. The van der Waals surface area contributed by atoms with Crippen LogP contribution in [0.3, 0.4) is 0 Å². The lowest BCUT2D eigenvalue weighted by molar-refractivity contribution is 0.547. The van der Waals surface area contributed by atoms with Gasteiger partial charge in [-0.15, -0.1) is 0 Å². The summed E-state index contributed by atoms with van der Waals surface area (Å²) in [6.07, 6.45) is 0.872. The van der Waals surface area contributed by atoms with Crippen molar-refractivity contribution in [2.75, 3.05) is 0 Å². The van der Waals surface area contributed by atoms with Crippen molar-refractivity contribution in [3.8, 4) is 0 Å². The van der Waals surface area contributed by atoms with Crippen molar-refractivity contribution in [1.29, 1.82) is 0 Å². The standard InChI is InChI=1S/C18H23ClN2/c1-11-7-12(2)17(13(3)8-11)10-18(21-20)16-6-5-15(19)9-14(16)4/h5-9,18,21H,10,20H2,1-4H3. The lowest BCUT2D eigenvalue weighted by Gasteiger charge is -2.21. The number of hydrazine groups is 1. The van der Waals surface area contributed by atoms with Crippen LogP contribution in [0.15, 0.2) is 30.3 Å². The maximum Gasteiger partial charge on any atom is 0.0503 e. The van der Waals surface area contributed by atoms with Crippen LogP contribution < -0.4 is 11.3 Å². The first-order valence-electron chi connectivity index (χ1n) is 7.21. The van der Waals surface area contributed by atoms with Gasteiger partial charge in [0.15, 0.2) is 0 Å². The molecule has 0 saturated heterocycles. The topological polar surface area (TPSA) is 38.0 Å². The van der Waals surface area contributed by atoms with Crippen LogP contribution in [0.25, 0.3) is 0 Å². The van der Waals surface area contributed by atoms with E-state index in [9.17, 15) is 0 Å². The first-order chi connectivity index (χ1) is 9.92. The first kappa shape index (κ1) is 16.0. The summed E-state index contributed by atoms with van der Waals surface area (Å²) in [4.78, 5) is 0. The van der Waals surface area contributed by atoms with Gasteiger partial charge in [-0.1, -0.05) is 35.4 Å². The minimum atomic E-state index is 0.0855. The average molecular weight is 303 g/mol. The summed E-state index contributed by atoms with van der Waals surface area (Å²) in [6, 6.07) is 10.5. The molecule has 3 heteroatoms. The molecule has 0 aliphatic carbocycles. The second-order valence-electron chi connectivity index (χ2n) is 5.80. The quantitative estimate of drug-likeness (QED) is 0.652. The third-order valence-corrected chi connectivity index (χ3v) is 4.29. The average Bonchev–Trinajstić information content (AvgIpc) is 2.39. The molecular formula is C18H23ClN2. The molecule has 0 saturated carbocycles. The zero-order chi connectivity index (χ0) is 15.6. The van der Waals surface area contributed by atoms with Crippen LogP contribution in [0.1, 0.15) is 39.4 Å². The normalized spacial score (nSPS) is 12.5. The van der Waals surface area contributed by atoms with Crippen LogP contribution in [0.2, 0.25) is 5.02 Å². The molecule has 2 aromatic rings. The summed E-state index contributed by atoms with van der Waals surface area (Å²) >= 11 is 6.04. The minimum absolute atomic E-state index is 0.0855. The minimum Gasteiger partial charge on any atom is -0.271 e. The smallest absolute Gasteiger partial charge is 0.0503 e. The van der Waals surface area contributed by atoms with Crippen LogP contribution >= 0.6 is 11.6 Å². The Labute approximate surface area is 132 Å². The van der Waals surface area contributed by atoms with Gasteiger partial charge >= 0.3 is 0 Å². The highest BCUT2D eigenvalue weighted by Gasteiger charge is 2.16. The van der Waals surface area contributed by atoms with Gasteiger partial charge in [0.2, 0.25) is 0 Å². The van der Waals surface area contributed by atoms with E-state index in [-0.39, 0.29) is 6.04 Å². The number of nitrogens with one attached hydrogen (secondary N) is 1. The van der Waals surface area contributed by atoms with Gasteiger partial charge < -0.3 is 0 Å². The Hall–Kier alpha value is -1.35. The van der Waals surface area contributed by atoms with E-state index in [4.69, 9.17) is 17.4 Å². The molecule has 3 N–H and O–H groups in total. The van der Waals surface area contributed by atoms with Gasteiger partial charge in [-0.25, -0.2) is 0 Å². The Bertz CT molecular complexity index is 627. The Morgan fingerprint density at radius 2 is 1.62 bits per heavy atom. The number of halogens is 1. The number of hydrogen-bond acceptors (Lipinski definition) is 2. The summed E-state index contributed by atoms with van der Waals surface area (Å²) in [7, 11) is 0. The molecule has 2 rings (SSSR count). The maximum absolute atomic E-state index is 6.04. The Balaban J connectivity index is 2.36. The summed E-state index contributed by atoms with van der Waals surface area (Å²) in [5.41, 5.74) is 10.6. The molecule has 1 unspecified atom stereocenters. The van der Waals surface area contributed by atoms with Crippen molar-refractivity contribution in [2.45, 2.75) is 40.2 Å². The molecule has 112 valence electrons. The van der Waals surface area contributed by atoms with E-state index < -0.39 is 0 Å². The van der Waals surface area contributed by atoms with E-state index in [1.54, 1.807) is 0 Å². The highest BCUT2D eigenvalue weighted by Crippen LogP contribution is 2.27. The molecule has 0 spiro atoms. The fourth-order valence-electron chi connectivity index (χ4n) is 3.02. The second-order valence-corrected chi connectivity index (χ2v) is 6.24. The molecule has 0 bridgehead atoms. The summed E-state index contributed by atoms with van der Waals surface area (Å²) in [6.45, 7) is 8.53. The summed E-state index contributed by atoms with van der Waals surface area (Å²) in [5.74, 6) is 5.81. The number of aryl methyl sites for hydroxylation is 4. The SMILES string of the molecule is Cc1cc(C)c(CC(NN)c2ccc(Cl)cc2C)c(C)c1. The van der Waals surface area contributed by atoms with Gasteiger partial charge in [0, 0.05) is 5.02 Å².